The van der Waals surface area contributed by atoms with Gasteiger partial charge >= 0.3 is 6.03 Å². The summed E-state index contributed by atoms with van der Waals surface area (Å²) in [6, 6.07) is 5.61. The highest BCUT2D eigenvalue weighted by Crippen LogP contribution is 2.24. The quantitative estimate of drug-likeness (QED) is 0.578. The van der Waals surface area contributed by atoms with Gasteiger partial charge in [-0.1, -0.05) is 11.8 Å². The van der Waals surface area contributed by atoms with Crippen LogP contribution in [0.3, 0.4) is 0 Å². The lowest BCUT2D eigenvalue weighted by Crippen LogP contribution is -2.35. The first-order valence-corrected chi connectivity index (χ1v) is 8.73. The van der Waals surface area contributed by atoms with E-state index in [1.165, 1.54) is 23.5 Å². The molecule has 3 amide bonds. The maximum Gasteiger partial charge on any atom is 0.327 e. The van der Waals surface area contributed by atoms with Gasteiger partial charge in [-0.2, -0.15) is 0 Å². The number of carbonyl (C=O) groups is 2. The molecule has 9 nitrogen and oxygen atoms in total. The van der Waals surface area contributed by atoms with E-state index in [4.69, 9.17) is 4.42 Å². The minimum atomic E-state index is -0.657. The number of hydrogen-bond acceptors (Lipinski definition) is 9. The summed E-state index contributed by atoms with van der Waals surface area (Å²) >= 11 is 2.24. The van der Waals surface area contributed by atoms with E-state index in [1.807, 2.05) is 0 Å². The lowest BCUT2D eigenvalue weighted by molar-refractivity contribution is -0.117. The molecular formula is C14H11N5O4S2. The van der Waals surface area contributed by atoms with E-state index >= 15 is 0 Å². The van der Waals surface area contributed by atoms with Gasteiger partial charge in [-0.3, -0.25) is 15.4 Å². The predicted octanol–water partition coefficient (Wildman–Crippen LogP) is 2.34. The average molecular weight is 377 g/mol. The summed E-state index contributed by atoms with van der Waals surface area (Å²) in [7, 11) is 0. The van der Waals surface area contributed by atoms with E-state index in [0.717, 1.165) is 11.8 Å². The number of aromatic hydroxyl groups is 1. The second-order valence-electron chi connectivity index (χ2n) is 4.55. The van der Waals surface area contributed by atoms with Crippen LogP contribution in [0.25, 0.3) is 11.5 Å². The highest BCUT2D eigenvalue weighted by Gasteiger charge is 2.13. The van der Waals surface area contributed by atoms with E-state index in [-0.39, 0.29) is 22.6 Å². The van der Waals surface area contributed by atoms with Crippen LogP contribution < -0.4 is 10.6 Å². The van der Waals surface area contributed by atoms with Crippen molar-refractivity contribution in [3.05, 3.63) is 35.8 Å². The van der Waals surface area contributed by atoms with Gasteiger partial charge in [-0.25, -0.2) is 9.78 Å². The maximum atomic E-state index is 11.7. The summed E-state index contributed by atoms with van der Waals surface area (Å²) in [6.07, 6.45) is 1.54. The molecule has 0 radical (unpaired) electrons. The SMILES string of the molecule is O=C(CSc1nnc(-c2ccc(O)cc2)o1)NC(=O)Nc1nccs1. The smallest absolute Gasteiger partial charge is 0.327 e. The Hall–Kier alpha value is -2.92. The lowest BCUT2D eigenvalue weighted by atomic mass is 10.2. The number of thioether (sulfide) groups is 1. The third-order valence-electron chi connectivity index (χ3n) is 2.75. The number of carbonyl (C=O) groups excluding carboxylic acids is 2. The van der Waals surface area contributed by atoms with Gasteiger partial charge in [-0.15, -0.1) is 21.5 Å². The maximum absolute atomic E-state index is 11.7. The van der Waals surface area contributed by atoms with Gasteiger partial charge in [0.25, 0.3) is 5.22 Å². The van der Waals surface area contributed by atoms with Crippen LogP contribution in [-0.2, 0) is 4.79 Å². The van der Waals surface area contributed by atoms with Crippen molar-refractivity contribution in [2.24, 2.45) is 0 Å². The molecule has 0 bridgehead atoms. The van der Waals surface area contributed by atoms with Gasteiger partial charge in [0.15, 0.2) is 5.13 Å². The number of thiazole rings is 1. The number of phenolic OH excluding ortho intramolecular Hbond substituents is 1. The summed E-state index contributed by atoms with van der Waals surface area (Å²) in [5.41, 5.74) is 0.643. The van der Waals surface area contributed by atoms with Gasteiger partial charge in [-0.05, 0) is 24.3 Å². The van der Waals surface area contributed by atoms with E-state index in [2.05, 4.69) is 25.8 Å². The largest absolute Gasteiger partial charge is 0.508 e. The van der Waals surface area contributed by atoms with Crippen molar-refractivity contribution in [2.75, 3.05) is 11.1 Å². The zero-order valence-corrected chi connectivity index (χ0v) is 14.1. The number of hydrogen-bond donors (Lipinski definition) is 3. The summed E-state index contributed by atoms with van der Waals surface area (Å²) in [5, 5.41) is 23.8. The average Bonchev–Trinajstić information content (AvgIpc) is 3.25. The third kappa shape index (κ3) is 4.78. The Balaban J connectivity index is 1.49. The Morgan fingerprint density at radius 2 is 2.04 bits per heavy atom. The third-order valence-corrected chi connectivity index (χ3v) is 4.26. The van der Waals surface area contributed by atoms with Crippen LogP contribution in [0.4, 0.5) is 9.93 Å². The second-order valence-corrected chi connectivity index (χ2v) is 6.37. The lowest BCUT2D eigenvalue weighted by Gasteiger charge is -2.02. The Kier molecular flexibility index (Phi) is 5.26. The fraction of sp³-hybridized carbons (Fsp3) is 0.0714. The fourth-order valence-corrected chi connectivity index (χ4v) is 2.78. The van der Waals surface area contributed by atoms with Crippen LogP contribution in [0.15, 0.2) is 45.5 Å². The number of aromatic nitrogens is 3. The van der Waals surface area contributed by atoms with Crippen LogP contribution in [0.5, 0.6) is 5.75 Å². The van der Waals surface area contributed by atoms with Crippen LogP contribution in [0, 0.1) is 0 Å². The molecule has 128 valence electrons. The minimum Gasteiger partial charge on any atom is -0.508 e. The first-order chi connectivity index (χ1) is 12.1. The van der Waals surface area contributed by atoms with Crippen LogP contribution in [0.1, 0.15) is 0 Å². The van der Waals surface area contributed by atoms with E-state index in [1.54, 1.807) is 23.7 Å². The topological polar surface area (TPSA) is 130 Å². The Bertz CT molecular complexity index is 864. The molecule has 3 N–H and O–H groups in total. The molecular weight excluding hydrogens is 366 g/mol. The molecule has 0 aliphatic heterocycles. The molecule has 3 rings (SSSR count). The molecule has 0 atom stereocenters. The van der Waals surface area contributed by atoms with Gasteiger partial charge in [0.2, 0.25) is 11.8 Å². The number of phenols is 1. The Morgan fingerprint density at radius 1 is 1.24 bits per heavy atom. The molecule has 0 saturated heterocycles. The van der Waals surface area contributed by atoms with Crippen molar-refractivity contribution < 1.29 is 19.1 Å². The van der Waals surface area contributed by atoms with Gasteiger partial charge < -0.3 is 9.52 Å². The summed E-state index contributed by atoms with van der Waals surface area (Å²) in [5.74, 6) is -0.180. The molecule has 0 aliphatic carbocycles. The number of benzene rings is 1. The fourth-order valence-electron chi connectivity index (χ4n) is 1.69. The standard InChI is InChI=1S/C14H11N5O4S2/c20-9-3-1-8(2-4-9)11-18-19-14(23-11)25-7-10(21)16-12(22)17-13-15-5-6-24-13/h1-6,20H,7H2,(H2,15,16,17,21,22). The molecule has 2 aromatic heterocycles. The summed E-state index contributed by atoms with van der Waals surface area (Å²) < 4.78 is 5.42. The van der Waals surface area contributed by atoms with Crippen molar-refractivity contribution in [1.82, 2.24) is 20.5 Å². The molecule has 0 saturated carbocycles. The molecule has 2 heterocycles. The second kappa shape index (κ2) is 7.77. The minimum absolute atomic E-state index is 0.0670. The molecule has 3 aromatic rings. The first-order valence-electron chi connectivity index (χ1n) is 6.86. The number of anilines is 1. The van der Waals surface area contributed by atoms with E-state index in [0.29, 0.717) is 10.7 Å². The number of nitrogens with zero attached hydrogens (tertiary/aromatic N) is 3. The highest BCUT2D eigenvalue weighted by atomic mass is 32.2. The van der Waals surface area contributed by atoms with Gasteiger partial charge in [0.1, 0.15) is 5.75 Å². The van der Waals surface area contributed by atoms with Crippen molar-refractivity contribution >= 4 is 40.2 Å². The van der Waals surface area contributed by atoms with Crippen molar-refractivity contribution in [3.63, 3.8) is 0 Å². The molecule has 1 aromatic carbocycles. The van der Waals surface area contributed by atoms with Gasteiger partial charge in [0, 0.05) is 17.1 Å². The summed E-state index contributed by atoms with van der Waals surface area (Å²) in [6.45, 7) is 0. The molecule has 0 aliphatic rings. The number of rotatable bonds is 5. The van der Waals surface area contributed by atoms with Crippen LogP contribution in [0.2, 0.25) is 0 Å². The van der Waals surface area contributed by atoms with Gasteiger partial charge in [0.05, 0.1) is 5.75 Å². The van der Waals surface area contributed by atoms with Crippen molar-refractivity contribution in [1.29, 1.82) is 0 Å². The molecule has 0 spiro atoms. The molecule has 0 unspecified atom stereocenters. The van der Waals surface area contributed by atoms with E-state index in [9.17, 15) is 14.7 Å². The molecule has 25 heavy (non-hydrogen) atoms. The molecule has 0 fully saturated rings. The van der Waals surface area contributed by atoms with Crippen LogP contribution in [-0.4, -0.2) is 38.0 Å². The molecule has 11 heteroatoms. The Morgan fingerprint density at radius 3 is 2.76 bits per heavy atom. The zero-order valence-electron chi connectivity index (χ0n) is 12.5. The zero-order chi connectivity index (χ0) is 17.6. The number of imide groups is 1. The van der Waals surface area contributed by atoms with Crippen LogP contribution >= 0.6 is 23.1 Å². The highest BCUT2D eigenvalue weighted by molar-refractivity contribution is 7.99. The number of nitrogens with one attached hydrogen (secondary N) is 2. The van der Waals surface area contributed by atoms with Crippen molar-refractivity contribution in [3.8, 4) is 17.2 Å². The normalized spacial score (nSPS) is 10.4. The first kappa shape index (κ1) is 16.9. The number of amides is 3. The number of urea groups is 1. The van der Waals surface area contributed by atoms with E-state index < -0.39 is 11.9 Å². The van der Waals surface area contributed by atoms with Crippen molar-refractivity contribution in [2.45, 2.75) is 5.22 Å². The summed E-state index contributed by atoms with van der Waals surface area (Å²) in [4.78, 5) is 27.2. The Labute approximate surface area is 149 Å². The monoisotopic (exact) mass is 377 g/mol. The predicted molar refractivity (Wildman–Crippen MR) is 91.4 cm³/mol.